The molecule has 136 valence electrons. The number of fused-ring (bicyclic) bond motifs is 6. The summed E-state index contributed by atoms with van der Waals surface area (Å²) in [6.45, 7) is 4.38. The van der Waals surface area contributed by atoms with Crippen molar-refractivity contribution in [2.24, 2.45) is 0 Å². The number of aryl methyl sites for hydroxylation is 2. The molecule has 4 aromatic rings. The van der Waals surface area contributed by atoms with E-state index in [1.807, 2.05) is 0 Å². The standard InChI is InChI=1S/C28H24/c1-19-12-14-27-24(15-19)18-22-8-4-6-10-26(22)28-16-20(2)11-13-23(28)17-21-7-3-5-9-25(21)27/h3-16H,17-18H2,1-2H3. The second kappa shape index (κ2) is 6.80. The van der Waals surface area contributed by atoms with Gasteiger partial charge in [-0.25, -0.2) is 0 Å². The maximum absolute atomic E-state index is 2.36. The van der Waals surface area contributed by atoms with Gasteiger partial charge in [-0.2, -0.15) is 0 Å². The molecule has 0 bridgehead atoms. The van der Waals surface area contributed by atoms with E-state index in [1.54, 1.807) is 0 Å². The Balaban J connectivity index is 1.84. The van der Waals surface area contributed by atoms with Gasteiger partial charge in [0.2, 0.25) is 0 Å². The quantitative estimate of drug-likeness (QED) is 0.275. The molecule has 1 aliphatic carbocycles. The third kappa shape index (κ3) is 2.96. The van der Waals surface area contributed by atoms with E-state index in [2.05, 4.69) is 98.8 Å². The molecule has 0 heteroatoms. The highest BCUT2D eigenvalue weighted by molar-refractivity contribution is 5.77. The molecule has 0 atom stereocenters. The third-order valence-corrected chi connectivity index (χ3v) is 5.90. The molecule has 0 radical (unpaired) electrons. The molecular formula is C28H24. The summed E-state index contributed by atoms with van der Waals surface area (Å²) in [7, 11) is 0. The van der Waals surface area contributed by atoms with Crippen LogP contribution in [0.15, 0.2) is 84.9 Å². The number of hydrogen-bond donors (Lipinski definition) is 0. The average Bonchev–Trinajstić information content (AvgIpc) is 2.70. The molecule has 0 heterocycles. The maximum Gasteiger partial charge on any atom is -0.00134 e. The Hall–Kier alpha value is -3.12. The summed E-state index contributed by atoms with van der Waals surface area (Å²) in [5.41, 5.74) is 13.7. The summed E-state index contributed by atoms with van der Waals surface area (Å²) in [5, 5.41) is 0. The molecule has 0 saturated heterocycles. The molecule has 0 saturated carbocycles. The summed E-state index contributed by atoms with van der Waals surface area (Å²) in [6.07, 6.45) is 1.91. The molecule has 0 fully saturated rings. The van der Waals surface area contributed by atoms with Gasteiger partial charge in [-0.15, -0.1) is 0 Å². The zero-order valence-corrected chi connectivity index (χ0v) is 16.5. The summed E-state index contributed by atoms with van der Waals surface area (Å²) in [5.74, 6) is 0. The molecule has 0 amide bonds. The van der Waals surface area contributed by atoms with Crippen LogP contribution in [0.25, 0.3) is 22.3 Å². The monoisotopic (exact) mass is 360 g/mol. The fourth-order valence-electron chi connectivity index (χ4n) is 4.51. The first-order valence-electron chi connectivity index (χ1n) is 10.0. The first-order valence-corrected chi connectivity index (χ1v) is 10.0. The van der Waals surface area contributed by atoms with Gasteiger partial charge in [-0.05, 0) is 71.2 Å². The van der Waals surface area contributed by atoms with E-state index in [0.29, 0.717) is 0 Å². The van der Waals surface area contributed by atoms with Crippen LogP contribution >= 0.6 is 0 Å². The molecular weight excluding hydrogens is 336 g/mol. The Labute approximate surface area is 167 Å². The first kappa shape index (κ1) is 17.0. The third-order valence-electron chi connectivity index (χ3n) is 5.90. The largest absolute Gasteiger partial charge is 0.0619 e. The van der Waals surface area contributed by atoms with Gasteiger partial charge in [0.05, 0.1) is 0 Å². The molecule has 5 rings (SSSR count). The minimum atomic E-state index is 0.952. The van der Waals surface area contributed by atoms with Gasteiger partial charge in [0.25, 0.3) is 0 Å². The Morgan fingerprint density at radius 1 is 0.429 bits per heavy atom. The van der Waals surface area contributed by atoms with E-state index in [9.17, 15) is 0 Å². The topological polar surface area (TPSA) is 0 Å². The van der Waals surface area contributed by atoms with Crippen molar-refractivity contribution >= 4 is 0 Å². The summed E-state index contributed by atoms with van der Waals surface area (Å²) < 4.78 is 0. The highest BCUT2D eigenvalue weighted by Gasteiger charge is 2.17. The van der Waals surface area contributed by atoms with Gasteiger partial charge in [-0.1, -0.05) is 96.1 Å². The van der Waals surface area contributed by atoms with Crippen molar-refractivity contribution in [3.63, 3.8) is 0 Å². The molecule has 28 heavy (non-hydrogen) atoms. The minimum absolute atomic E-state index is 0.952. The van der Waals surface area contributed by atoms with E-state index in [0.717, 1.165) is 12.8 Å². The van der Waals surface area contributed by atoms with Crippen molar-refractivity contribution < 1.29 is 0 Å². The van der Waals surface area contributed by atoms with Crippen LogP contribution in [0.4, 0.5) is 0 Å². The van der Waals surface area contributed by atoms with Crippen molar-refractivity contribution in [3.8, 4) is 22.3 Å². The van der Waals surface area contributed by atoms with Crippen molar-refractivity contribution in [2.45, 2.75) is 26.7 Å². The molecule has 0 aromatic heterocycles. The van der Waals surface area contributed by atoms with Crippen molar-refractivity contribution in [2.75, 3.05) is 0 Å². The molecule has 0 spiro atoms. The van der Waals surface area contributed by atoms with E-state index in [1.165, 1.54) is 55.6 Å². The molecule has 0 nitrogen and oxygen atoms in total. The molecule has 1 aliphatic rings. The lowest BCUT2D eigenvalue weighted by molar-refractivity contribution is 1.14. The fraction of sp³-hybridized carbons (Fsp3) is 0.143. The van der Waals surface area contributed by atoms with Crippen molar-refractivity contribution in [1.29, 1.82) is 0 Å². The number of hydrogen-bond acceptors (Lipinski definition) is 0. The summed E-state index contributed by atoms with van der Waals surface area (Å²) in [4.78, 5) is 0. The van der Waals surface area contributed by atoms with E-state index < -0.39 is 0 Å². The smallest absolute Gasteiger partial charge is 0.00134 e. The maximum atomic E-state index is 2.36. The minimum Gasteiger partial charge on any atom is -0.0619 e. The predicted octanol–water partition coefficient (Wildman–Crippen LogP) is 7.13. The number of rotatable bonds is 0. The van der Waals surface area contributed by atoms with E-state index in [4.69, 9.17) is 0 Å². The Morgan fingerprint density at radius 3 is 1.68 bits per heavy atom. The average molecular weight is 361 g/mol. The number of benzene rings is 4. The summed E-state index contributed by atoms with van der Waals surface area (Å²) in [6, 6.07) is 31.6. The lowest BCUT2D eigenvalue weighted by Crippen LogP contribution is -2.03. The normalized spacial score (nSPS) is 12.4. The zero-order chi connectivity index (χ0) is 19.1. The van der Waals surface area contributed by atoms with Crippen LogP contribution in [-0.2, 0) is 12.8 Å². The predicted molar refractivity (Wildman–Crippen MR) is 119 cm³/mol. The van der Waals surface area contributed by atoms with Crippen LogP contribution in [0.1, 0.15) is 33.4 Å². The van der Waals surface area contributed by atoms with Crippen LogP contribution < -0.4 is 0 Å². The highest BCUT2D eigenvalue weighted by Crippen LogP contribution is 2.37. The lowest BCUT2D eigenvalue weighted by Gasteiger charge is -2.21. The second-order valence-electron chi connectivity index (χ2n) is 7.99. The van der Waals surface area contributed by atoms with Crippen LogP contribution in [0, 0.1) is 13.8 Å². The van der Waals surface area contributed by atoms with Crippen LogP contribution in [-0.4, -0.2) is 0 Å². The van der Waals surface area contributed by atoms with Gasteiger partial charge < -0.3 is 0 Å². The first-order chi connectivity index (χ1) is 13.7. The van der Waals surface area contributed by atoms with Gasteiger partial charge >= 0.3 is 0 Å². The molecule has 0 unspecified atom stereocenters. The SMILES string of the molecule is Cc1ccc2c(c1)Cc1ccccc1-c1cc(C)ccc1Cc1ccccc1-2. The molecule has 4 aromatic carbocycles. The zero-order valence-electron chi connectivity index (χ0n) is 16.5. The molecule has 0 N–H and O–H groups in total. The van der Waals surface area contributed by atoms with Gasteiger partial charge in [0, 0.05) is 0 Å². The van der Waals surface area contributed by atoms with Crippen LogP contribution in [0.3, 0.4) is 0 Å². The fourth-order valence-corrected chi connectivity index (χ4v) is 4.51. The Morgan fingerprint density at radius 2 is 0.929 bits per heavy atom. The Bertz CT molecular complexity index is 1180. The van der Waals surface area contributed by atoms with Gasteiger partial charge in [-0.3, -0.25) is 0 Å². The second-order valence-corrected chi connectivity index (χ2v) is 7.99. The van der Waals surface area contributed by atoms with Crippen molar-refractivity contribution in [1.82, 2.24) is 0 Å². The van der Waals surface area contributed by atoms with Crippen LogP contribution in [0.2, 0.25) is 0 Å². The highest BCUT2D eigenvalue weighted by atomic mass is 14.2. The van der Waals surface area contributed by atoms with Gasteiger partial charge in [0.1, 0.15) is 0 Å². The Kier molecular flexibility index (Phi) is 4.13. The summed E-state index contributed by atoms with van der Waals surface area (Å²) >= 11 is 0. The lowest BCUT2D eigenvalue weighted by atomic mass is 9.83. The van der Waals surface area contributed by atoms with Crippen molar-refractivity contribution in [3.05, 3.63) is 118 Å². The van der Waals surface area contributed by atoms with E-state index >= 15 is 0 Å². The molecule has 0 aliphatic heterocycles. The van der Waals surface area contributed by atoms with E-state index in [-0.39, 0.29) is 0 Å². The van der Waals surface area contributed by atoms with Gasteiger partial charge in [0.15, 0.2) is 0 Å². The van der Waals surface area contributed by atoms with Crippen LogP contribution in [0.5, 0.6) is 0 Å².